The van der Waals surface area contributed by atoms with Gasteiger partial charge in [0.1, 0.15) is 6.10 Å². The Bertz CT molecular complexity index is 143. The van der Waals surface area contributed by atoms with Gasteiger partial charge in [0.25, 0.3) is 0 Å². The second-order valence-corrected chi connectivity index (χ2v) is 3.92. The van der Waals surface area contributed by atoms with Crippen molar-refractivity contribution in [2.24, 2.45) is 5.92 Å². The fourth-order valence-electron chi connectivity index (χ4n) is 2.49. The highest BCUT2D eigenvalue weighted by atomic mass is 16.6. The van der Waals surface area contributed by atoms with Gasteiger partial charge in [-0.3, -0.25) is 0 Å². The van der Waals surface area contributed by atoms with E-state index in [-0.39, 0.29) is 18.3 Å². The van der Waals surface area contributed by atoms with Gasteiger partial charge in [-0.2, -0.15) is 0 Å². The average Bonchev–Trinajstić information content (AvgIpc) is 2.26. The van der Waals surface area contributed by atoms with Gasteiger partial charge in [0, 0.05) is 21.3 Å². The normalized spacial score (nSPS) is 38.6. The van der Waals surface area contributed by atoms with E-state index in [0.29, 0.717) is 5.92 Å². The van der Waals surface area contributed by atoms with E-state index in [9.17, 15) is 0 Å². The maximum Gasteiger partial charge on any atom is 0.110 e. The van der Waals surface area contributed by atoms with Crippen molar-refractivity contribution in [3.8, 4) is 0 Å². The molecule has 0 aromatic heterocycles. The van der Waals surface area contributed by atoms with Crippen LogP contribution in [0.1, 0.15) is 26.2 Å². The summed E-state index contributed by atoms with van der Waals surface area (Å²) in [5, 5.41) is 0. The molecule has 1 aliphatic rings. The van der Waals surface area contributed by atoms with Crippen LogP contribution in [0.5, 0.6) is 0 Å². The molecule has 1 aliphatic carbocycles. The minimum atomic E-state index is 0.0868. The molecular weight excluding hydrogens is 180 g/mol. The minimum absolute atomic E-state index is 0.0868. The van der Waals surface area contributed by atoms with Gasteiger partial charge in [0.15, 0.2) is 0 Å². The van der Waals surface area contributed by atoms with Crippen molar-refractivity contribution < 1.29 is 14.2 Å². The van der Waals surface area contributed by atoms with Crippen molar-refractivity contribution in [2.45, 2.75) is 44.5 Å². The van der Waals surface area contributed by atoms with Crippen molar-refractivity contribution >= 4 is 0 Å². The highest BCUT2D eigenvalue weighted by Crippen LogP contribution is 2.32. The predicted octanol–water partition coefficient (Wildman–Crippen LogP) is 1.85. The summed E-state index contributed by atoms with van der Waals surface area (Å²) < 4.78 is 16.4. The van der Waals surface area contributed by atoms with Gasteiger partial charge >= 0.3 is 0 Å². The van der Waals surface area contributed by atoms with Crippen LogP contribution in [0.4, 0.5) is 0 Å². The Balaban J connectivity index is 2.67. The number of methoxy groups -OCH3 is 3. The number of rotatable bonds is 4. The van der Waals surface area contributed by atoms with E-state index in [0.717, 1.165) is 12.8 Å². The Kier molecular flexibility index (Phi) is 4.85. The van der Waals surface area contributed by atoms with Crippen molar-refractivity contribution in [1.82, 2.24) is 0 Å². The zero-order valence-electron chi connectivity index (χ0n) is 9.66. The first kappa shape index (κ1) is 12.0. The van der Waals surface area contributed by atoms with E-state index in [1.807, 2.05) is 0 Å². The summed E-state index contributed by atoms with van der Waals surface area (Å²) in [4.78, 5) is 0. The third kappa shape index (κ3) is 2.27. The van der Waals surface area contributed by atoms with Crippen molar-refractivity contribution in [3.05, 3.63) is 0 Å². The summed E-state index contributed by atoms with van der Waals surface area (Å²) in [7, 11) is 5.24. The first-order chi connectivity index (χ1) is 6.78. The molecule has 1 rings (SSSR count). The third-order valence-corrected chi connectivity index (χ3v) is 3.35. The SMILES string of the molecule is CCC1CCC(OC)C(OC)C1OC. The van der Waals surface area contributed by atoms with Crippen LogP contribution in [0, 0.1) is 5.92 Å². The molecule has 0 aromatic carbocycles. The molecule has 1 fully saturated rings. The van der Waals surface area contributed by atoms with E-state index in [4.69, 9.17) is 14.2 Å². The van der Waals surface area contributed by atoms with E-state index in [1.54, 1.807) is 21.3 Å². The van der Waals surface area contributed by atoms with Gasteiger partial charge in [0.2, 0.25) is 0 Å². The number of ether oxygens (including phenoxy) is 3. The lowest BCUT2D eigenvalue weighted by Gasteiger charge is -2.40. The first-order valence-electron chi connectivity index (χ1n) is 5.36. The molecule has 0 spiro atoms. The van der Waals surface area contributed by atoms with Crippen LogP contribution in [0.25, 0.3) is 0 Å². The summed E-state index contributed by atoms with van der Waals surface area (Å²) in [6.45, 7) is 2.20. The second-order valence-electron chi connectivity index (χ2n) is 3.92. The second kappa shape index (κ2) is 5.69. The van der Waals surface area contributed by atoms with Gasteiger partial charge in [-0.05, 0) is 18.8 Å². The van der Waals surface area contributed by atoms with Crippen molar-refractivity contribution in [3.63, 3.8) is 0 Å². The Morgan fingerprint density at radius 2 is 1.57 bits per heavy atom. The molecule has 1 saturated carbocycles. The monoisotopic (exact) mass is 202 g/mol. The Hall–Kier alpha value is -0.120. The molecule has 0 aromatic rings. The zero-order chi connectivity index (χ0) is 10.6. The summed E-state index contributed by atoms with van der Waals surface area (Å²) in [5.74, 6) is 0.608. The lowest BCUT2D eigenvalue weighted by Crippen LogP contribution is -2.49. The van der Waals surface area contributed by atoms with Crippen molar-refractivity contribution in [1.29, 1.82) is 0 Å². The molecule has 0 radical (unpaired) electrons. The lowest BCUT2D eigenvalue weighted by atomic mass is 9.81. The largest absolute Gasteiger partial charge is 0.379 e. The summed E-state index contributed by atoms with van der Waals surface area (Å²) in [5.41, 5.74) is 0. The summed E-state index contributed by atoms with van der Waals surface area (Å²) >= 11 is 0. The molecule has 3 nitrogen and oxygen atoms in total. The number of hydrogen-bond donors (Lipinski definition) is 0. The molecule has 84 valence electrons. The molecule has 0 N–H and O–H groups in total. The molecule has 0 amide bonds. The molecule has 0 bridgehead atoms. The molecular formula is C11H22O3. The maximum absolute atomic E-state index is 5.53. The molecule has 3 heteroatoms. The smallest absolute Gasteiger partial charge is 0.110 e. The van der Waals surface area contributed by atoms with Crippen LogP contribution in [-0.4, -0.2) is 39.6 Å². The highest BCUT2D eigenvalue weighted by Gasteiger charge is 2.39. The molecule has 0 aliphatic heterocycles. The van der Waals surface area contributed by atoms with Gasteiger partial charge < -0.3 is 14.2 Å². The lowest BCUT2D eigenvalue weighted by molar-refractivity contribution is -0.149. The fraction of sp³-hybridized carbons (Fsp3) is 1.00. The Morgan fingerprint density at radius 1 is 0.929 bits per heavy atom. The molecule has 14 heavy (non-hydrogen) atoms. The standard InChI is InChI=1S/C11H22O3/c1-5-8-6-7-9(12-2)11(14-4)10(8)13-3/h8-11H,5-7H2,1-4H3. The van der Waals surface area contributed by atoms with Gasteiger partial charge in [0.05, 0.1) is 12.2 Å². The molecule has 0 saturated heterocycles. The van der Waals surface area contributed by atoms with E-state index in [2.05, 4.69) is 6.92 Å². The van der Waals surface area contributed by atoms with Crippen LogP contribution in [-0.2, 0) is 14.2 Å². The highest BCUT2D eigenvalue weighted by molar-refractivity contribution is 4.89. The third-order valence-electron chi connectivity index (χ3n) is 3.35. The van der Waals surface area contributed by atoms with Crippen LogP contribution in [0.3, 0.4) is 0 Å². The van der Waals surface area contributed by atoms with E-state index < -0.39 is 0 Å². The zero-order valence-corrected chi connectivity index (χ0v) is 9.66. The van der Waals surface area contributed by atoms with Gasteiger partial charge in [-0.15, -0.1) is 0 Å². The summed E-state index contributed by atoms with van der Waals surface area (Å²) in [6.07, 6.45) is 3.86. The molecule has 0 heterocycles. The van der Waals surface area contributed by atoms with Crippen molar-refractivity contribution in [2.75, 3.05) is 21.3 Å². The van der Waals surface area contributed by atoms with Gasteiger partial charge in [-0.1, -0.05) is 13.3 Å². The van der Waals surface area contributed by atoms with Crippen LogP contribution in [0.15, 0.2) is 0 Å². The van der Waals surface area contributed by atoms with E-state index in [1.165, 1.54) is 6.42 Å². The first-order valence-corrected chi connectivity index (χ1v) is 5.36. The fourth-order valence-corrected chi connectivity index (χ4v) is 2.49. The predicted molar refractivity (Wildman–Crippen MR) is 55.4 cm³/mol. The number of hydrogen-bond acceptors (Lipinski definition) is 3. The minimum Gasteiger partial charge on any atom is -0.379 e. The van der Waals surface area contributed by atoms with Crippen LogP contribution < -0.4 is 0 Å². The quantitative estimate of drug-likeness (QED) is 0.696. The average molecular weight is 202 g/mol. The van der Waals surface area contributed by atoms with E-state index >= 15 is 0 Å². The topological polar surface area (TPSA) is 27.7 Å². The maximum atomic E-state index is 5.53. The molecule has 4 atom stereocenters. The Labute approximate surface area is 86.7 Å². The van der Waals surface area contributed by atoms with Crippen LogP contribution >= 0.6 is 0 Å². The summed E-state index contributed by atoms with van der Waals surface area (Å²) in [6, 6.07) is 0. The Morgan fingerprint density at radius 3 is 2.00 bits per heavy atom. The molecule has 4 unspecified atom stereocenters. The van der Waals surface area contributed by atoms with Gasteiger partial charge in [-0.25, -0.2) is 0 Å². The van der Waals surface area contributed by atoms with Crippen LogP contribution in [0.2, 0.25) is 0 Å².